The number of carbonyl (C=O) groups is 1. The summed E-state index contributed by atoms with van der Waals surface area (Å²) in [5.41, 5.74) is 0.959. The molecule has 0 aliphatic heterocycles. The fourth-order valence-corrected chi connectivity index (χ4v) is 2.25. The van der Waals surface area contributed by atoms with E-state index >= 15 is 0 Å². The van der Waals surface area contributed by atoms with Crippen molar-refractivity contribution in [3.63, 3.8) is 0 Å². The number of thiophene rings is 1. The minimum absolute atomic E-state index is 0.187. The highest BCUT2D eigenvalue weighted by molar-refractivity contribution is 7.09. The maximum Gasteiger partial charge on any atom is 0.328 e. The van der Waals surface area contributed by atoms with Gasteiger partial charge in [0.15, 0.2) is 0 Å². The zero-order valence-corrected chi connectivity index (χ0v) is 11.4. The van der Waals surface area contributed by atoms with Gasteiger partial charge >= 0.3 is 5.97 Å². The monoisotopic (exact) mass is 292 g/mol. The largest absolute Gasteiger partial charge is 0.478 e. The standard InChI is InChI=1S/C15H13FO3S/c16-14-8-11(4-6-15(17)18)3-5-12(14)9-19-10-13-2-1-7-20-13/h1-8H,9-10H2,(H,17,18). The summed E-state index contributed by atoms with van der Waals surface area (Å²) >= 11 is 1.59. The van der Waals surface area contributed by atoms with Crippen LogP contribution >= 0.6 is 11.3 Å². The highest BCUT2D eigenvalue weighted by atomic mass is 32.1. The van der Waals surface area contributed by atoms with Crippen molar-refractivity contribution in [1.82, 2.24) is 0 Å². The summed E-state index contributed by atoms with van der Waals surface area (Å²) in [6.45, 7) is 0.643. The van der Waals surface area contributed by atoms with E-state index in [0.717, 1.165) is 11.0 Å². The van der Waals surface area contributed by atoms with Gasteiger partial charge < -0.3 is 9.84 Å². The highest BCUT2D eigenvalue weighted by Gasteiger charge is 2.03. The van der Waals surface area contributed by atoms with E-state index < -0.39 is 11.8 Å². The van der Waals surface area contributed by atoms with Gasteiger partial charge in [-0.2, -0.15) is 0 Å². The second-order valence-electron chi connectivity index (χ2n) is 4.09. The van der Waals surface area contributed by atoms with E-state index in [1.54, 1.807) is 23.5 Å². The summed E-state index contributed by atoms with van der Waals surface area (Å²) in [5, 5.41) is 10.5. The molecule has 0 saturated carbocycles. The zero-order chi connectivity index (χ0) is 14.4. The lowest BCUT2D eigenvalue weighted by molar-refractivity contribution is -0.131. The van der Waals surface area contributed by atoms with Crippen LogP contribution in [0.4, 0.5) is 4.39 Å². The maximum absolute atomic E-state index is 13.8. The smallest absolute Gasteiger partial charge is 0.328 e. The molecule has 0 amide bonds. The molecular weight excluding hydrogens is 279 g/mol. The fourth-order valence-electron chi connectivity index (χ4n) is 1.61. The van der Waals surface area contributed by atoms with Gasteiger partial charge in [-0.25, -0.2) is 9.18 Å². The molecule has 0 unspecified atom stereocenters. The molecule has 2 rings (SSSR count). The maximum atomic E-state index is 13.8. The number of benzene rings is 1. The molecule has 0 aliphatic rings. The lowest BCUT2D eigenvalue weighted by atomic mass is 10.1. The number of hydrogen-bond donors (Lipinski definition) is 1. The Morgan fingerprint density at radius 1 is 1.35 bits per heavy atom. The second-order valence-corrected chi connectivity index (χ2v) is 5.13. The summed E-state index contributed by atoms with van der Waals surface area (Å²) in [5.74, 6) is -1.46. The first-order valence-corrected chi connectivity index (χ1v) is 6.82. The van der Waals surface area contributed by atoms with Crippen LogP contribution in [0.25, 0.3) is 6.08 Å². The van der Waals surface area contributed by atoms with Crippen LogP contribution in [0.5, 0.6) is 0 Å². The van der Waals surface area contributed by atoms with E-state index in [2.05, 4.69) is 0 Å². The number of carboxylic acid groups (broad SMARTS) is 1. The van der Waals surface area contributed by atoms with E-state index in [9.17, 15) is 9.18 Å². The van der Waals surface area contributed by atoms with Crippen LogP contribution in [0, 0.1) is 5.82 Å². The Labute approximate surface area is 119 Å². The van der Waals surface area contributed by atoms with Crippen molar-refractivity contribution < 1.29 is 19.0 Å². The number of aliphatic carboxylic acids is 1. The van der Waals surface area contributed by atoms with Crippen LogP contribution in [-0.4, -0.2) is 11.1 Å². The summed E-state index contributed by atoms with van der Waals surface area (Å²) < 4.78 is 19.2. The Morgan fingerprint density at radius 3 is 2.85 bits per heavy atom. The predicted octanol–water partition coefficient (Wildman–Crippen LogP) is 3.70. The van der Waals surface area contributed by atoms with E-state index in [-0.39, 0.29) is 6.61 Å². The van der Waals surface area contributed by atoms with Crippen LogP contribution in [-0.2, 0) is 22.7 Å². The Balaban J connectivity index is 1.93. The molecule has 0 aliphatic carbocycles. The van der Waals surface area contributed by atoms with Gasteiger partial charge in [-0.05, 0) is 29.2 Å². The molecule has 3 nitrogen and oxygen atoms in total. The molecule has 20 heavy (non-hydrogen) atoms. The van der Waals surface area contributed by atoms with Crippen LogP contribution in [0.1, 0.15) is 16.0 Å². The van der Waals surface area contributed by atoms with Gasteiger partial charge in [-0.15, -0.1) is 11.3 Å². The second kappa shape index (κ2) is 6.98. The van der Waals surface area contributed by atoms with Gasteiger partial charge in [0, 0.05) is 16.5 Å². The molecule has 1 heterocycles. The molecule has 0 fully saturated rings. The quantitative estimate of drug-likeness (QED) is 0.826. The average molecular weight is 292 g/mol. The lowest BCUT2D eigenvalue weighted by Gasteiger charge is -2.05. The molecule has 2 aromatic rings. The van der Waals surface area contributed by atoms with Gasteiger partial charge in [0.25, 0.3) is 0 Å². The molecule has 1 aromatic heterocycles. The van der Waals surface area contributed by atoms with Crippen molar-refractivity contribution >= 4 is 23.4 Å². The zero-order valence-electron chi connectivity index (χ0n) is 10.6. The van der Waals surface area contributed by atoms with Crippen molar-refractivity contribution in [2.45, 2.75) is 13.2 Å². The van der Waals surface area contributed by atoms with Gasteiger partial charge in [-0.1, -0.05) is 18.2 Å². The van der Waals surface area contributed by atoms with Crippen molar-refractivity contribution in [2.75, 3.05) is 0 Å². The van der Waals surface area contributed by atoms with Crippen molar-refractivity contribution in [1.29, 1.82) is 0 Å². The summed E-state index contributed by atoms with van der Waals surface area (Å²) in [7, 11) is 0. The topological polar surface area (TPSA) is 46.5 Å². The van der Waals surface area contributed by atoms with Crippen LogP contribution in [0.15, 0.2) is 41.8 Å². The van der Waals surface area contributed by atoms with Crippen LogP contribution in [0.3, 0.4) is 0 Å². The molecular formula is C15H13FO3S. The first-order chi connectivity index (χ1) is 9.65. The molecule has 0 bridgehead atoms. The fraction of sp³-hybridized carbons (Fsp3) is 0.133. The number of rotatable bonds is 6. The minimum atomic E-state index is -1.06. The summed E-state index contributed by atoms with van der Waals surface area (Å²) in [6, 6.07) is 8.45. The molecule has 0 radical (unpaired) electrons. The third-order valence-electron chi connectivity index (χ3n) is 2.58. The SMILES string of the molecule is O=C(O)C=Cc1ccc(COCc2cccs2)c(F)c1. The number of ether oxygens (including phenoxy) is 1. The number of halogens is 1. The first kappa shape index (κ1) is 14.4. The third kappa shape index (κ3) is 4.29. The van der Waals surface area contributed by atoms with Gasteiger partial charge in [0.1, 0.15) is 5.82 Å². The van der Waals surface area contributed by atoms with Crippen LogP contribution < -0.4 is 0 Å². The van der Waals surface area contributed by atoms with Crippen molar-refractivity contribution in [2.24, 2.45) is 0 Å². The minimum Gasteiger partial charge on any atom is -0.478 e. The van der Waals surface area contributed by atoms with Gasteiger partial charge in [-0.3, -0.25) is 0 Å². The van der Waals surface area contributed by atoms with E-state index in [1.807, 2.05) is 17.5 Å². The first-order valence-electron chi connectivity index (χ1n) is 5.95. The molecule has 0 spiro atoms. The molecule has 0 saturated heterocycles. The molecule has 5 heteroatoms. The Bertz CT molecular complexity index is 606. The number of hydrogen-bond acceptors (Lipinski definition) is 3. The average Bonchev–Trinajstić information content (AvgIpc) is 2.92. The molecule has 0 atom stereocenters. The number of carboxylic acids is 1. The third-order valence-corrected chi connectivity index (χ3v) is 3.43. The van der Waals surface area contributed by atoms with Gasteiger partial charge in [0.05, 0.1) is 13.2 Å². The Kier molecular flexibility index (Phi) is 5.03. The van der Waals surface area contributed by atoms with E-state index in [1.165, 1.54) is 12.1 Å². The van der Waals surface area contributed by atoms with Crippen molar-refractivity contribution in [3.8, 4) is 0 Å². The summed E-state index contributed by atoms with van der Waals surface area (Å²) in [6.07, 6.45) is 2.32. The Morgan fingerprint density at radius 2 is 2.20 bits per heavy atom. The molecule has 1 aromatic carbocycles. The molecule has 104 valence electrons. The predicted molar refractivity (Wildman–Crippen MR) is 75.9 cm³/mol. The highest BCUT2D eigenvalue weighted by Crippen LogP contribution is 2.15. The Hall–Kier alpha value is -1.98. The lowest BCUT2D eigenvalue weighted by Crippen LogP contribution is -1.96. The molecule has 1 N–H and O–H groups in total. The van der Waals surface area contributed by atoms with Crippen molar-refractivity contribution in [3.05, 3.63) is 63.6 Å². The summed E-state index contributed by atoms with van der Waals surface area (Å²) in [4.78, 5) is 11.5. The van der Waals surface area contributed by atoms with Gasteiger partial charge in [0.2, 0.25) is 0 Å². The van der Waals surface area contributed by atoms with E-state index in [0.29, 0.717) is 17.7 Å². The van der Waals surface area contributed by atoms with Crippen LogP contribution in [0.2, 0.25) is 0 Å². The van der Waals surface area contributed by atoms with E-state index in [4.69, 9.17) is 9.84 Å². The normalized spacial score (nSPS) is 11.1.